The average molecular weight is 268 g/mol. The third-order valence-electron chi connectivity index (χ3n) is 3.41. The summed E-state index contributed by atoms with van der Waals surface area (Å²) in [6.07, 6.45) is 5.31. The predicted octanol–water partition coefficient (Wildman–Crippen LogP) is 4.33. The molecule has 1 saturated heterocycles. The first-order valence-electron chi connectivity index (χ1n) is 5.90. The molecule has 0 saturated carbocycles. The second-order valence-electron chi connectivity index (χ2n) is 4.50. The molecule has 1 aromatic rings. The maximum atomic E-state index is 4.50. The van der Waals surface area contributed by atoms with E-state index in [2.05, 4.69) is 54.4 Å². The number of thiol groups is 1. The summed E-state index contributed by atoms with van der Waals surface area (Å²) in [5, 5.41) is 0. The van der Waals surface area contributed by atoms with Crippen molar-refractivity contribution in [2.24, 2.45) is 0 Å². The highest BCUT2D eigenvalue weighted by molar-refractivity contribution is 8.18. The fourth-order valence-electron chi connectivity index (χ4n) is 2.66. The van der Waals surface area contributed by atoms with E-state index < -0.39 is 0 Å². The van der Waals surface area contributed by atoms with Crippen LogP contribution in [-0.4, -0.2) is 11.5 Å². The molecule has 1 aliphatic carbocycles. The van der Waals surface area contributed by atoms with Crippen LogP contribution in [0, 0.1) is 0 Å². The zero-order valence-corrected chi connectivity index (χ0v) is 11.8. The molecule has 0 atom stereocenters. The minimum Gasteiger partial charge on any atom is -0.143 e. The Hall–Kier alpha value is 0.270. The molecule has 86 valence electrons. The number of fused-ring (bicyclic) bond motifs is 2. The van der Waals surface area contributed by atoms with Gasteiger partial charge in [0.25, 0.3) is 0 Å². The van der Waals surface area contributed by atoms with Crippen molar-refractivity contribution in [2.75, 3.05) is 11.5 Å². The van der Waals surface area contributed by atoms with Gasteiger partial charge >= 0.3 is 0 Å². The van der Waals surface area contributed by atoms with E-state index in [0.717, 1.165) is 4.90 Å². The van der Waals surface area contributed by atoms with Gasteiger partial charge in [-0.25, -0.2) is 0 Å². The first kappa shape index (κ1) is 11.4. The van der Waals surface area contributed by atoms with Crippen LogP contribution in [0.5, 0.6) is 0 Å². The Bertz CT molecular complexity index is 394. The smallest absolute Gasteiger partial charge is 0.0863 e. The van der Waals surface area contributed by atoms with Gasteiger partial charge in [-0.2, -0.15) is 0 Å². The van der Waals surface area contributed by atoms with Gasteiger partial charge in [-0.15, -0.1) is 36.2 Å². The molecule has 0 unspecified atom stereocenters. The number of hydrogen-bond donors (Lipinski definition) is 1. The topological polar surface area (TPSA) is 0 Å². The maximum Gasteiger partial charge on any atom is 0.0863 e. The lowest BCUT2D eigenvalue weighted by molar-refractivity contribution is 0.635. The molecule has 1 heterocycles. The van der Waals surface area contributed by atoms with Crippen molar-refractivity contribution in [2.45, 2.75) is 34.7 Å². The van der Waals surface area contributed by atoms with E-state index in [-0.39, 0.29) is 0 Å². The van der Waals surface area contributed by atoms with Gasteiger partial charge in [-0.05, 0) is 60.4 Å². The van der Waals surface area contributed by atoms with Crippen molar-refractivity contribution >= 4 is 36.2 Å². The van der Waals surface area contributed by atoms with Crippen LogP contribution in [0.2, 0.25) is 0 Å². The molecule has 1 aromatic carbocycles. The van der Waals surface area contributed by atoms with E-state index in [0.29, 0.717) is 4.08 Å². The number of aryl methyl sites for hydroxylation is 1. The summed E-state index contributed by atoms with van der Waals surface area (Å²) in [6.45, 7) is 0. The minimum atomic E-state index is 0.366. The van der Waals surface area contributed by atoms with Crippen LogP contribution < -0.4 is 0 Å². The van der Waals surface area contributed by atoms with Crippen molar-refractivity contribution in [3.8, 4) is 0 Å². The molecule has 0 bridgehead atoms. The Labute approximate surface area is 111 Å². The molecule has 1 aliphatic heterocycles. The Morgan fingerprint density at radius 3 is 2.75 bits per heavy atom. The molecule has 0 aromatic heterocycles. The second-order valence-corrected chi connectivity index (χ2v) is 8.06. The van der Waals surface area contributed by atoms with Gasteiger partial charge in [0.15, 0.2) is 0 Å². The molecule has 1 fully saturated rings. The maximum absolute atomic E-state index is 4.50. The Kier molecular flexibility index (Phi) is 3.20. The average Bonchev–Trinajstić information content (AvgIpc) is 2.32. The van der Waals surface area contributed by atoms with Crippen LogP contribution >= 0.6 is 36.2 Å². The van der Waals surface area contributed by atoms with Gasteiger partial charge in [0.05, 0.1) is 4.08 Å². The summed E-state index contributed by atoms with van der Waals surface area (Å²) in [5.41, 5.74) is 3.13. The van der Waals surface area contributed by atoms with E-state index in [4.69, 9.17) is 0 Å². The molecule has 3 rings (SSSR count). The predicted molar refractivity (Wildman–Crippen MR) is 77.8 cm³/mol. The standard InChI is InChI=1S/C13H16S3/c14-11-5-4-10-3-1-6-13(12(10)9-11)15-7-2-8-16-13/h4-5,9,14H,1-3,6-8H2. The number of benzene rings is 1. The zero-order valence-electron chi connectivity index (χ0n) is 9.24. The summed E-state index contributed by atoms with van der Waals surface area (Å²) in [5.74, 6) is 2.65. The summed E-state index contributed by atoms with van der Waals surface area (Å²) in [4.78, 5) is 1.12. The van der Waals surface area contributed by atoms with E-state index in [1.165, 1.54) is 37.2 Å². The lowest BCUT2D eigenvalue weighted by Gasteiger charge is -2.41. The van der Waals surface area contributed by atoms with E-state index in [1.807, 2.05) is 0 Å². The fraction of sp³-hybridized carbons (Fsp3) is 0.538. The van der Waals surface area contributed by atoms with Crippen LogP contribution in [0.4, 0.5) is 0 Å². The van der Waals surface area contributed by atoms with E-state index in [9.17, 15) is 0 Å². The molecule has 2 aliphatic rings. The summed E-state index contributed by atoms with van der Waals surface area (Å²) in [7, 11) is 0. The largest absolute Gasteiger partial charge is 0.143 e. The molecule has 0 radical (unpaired) electrons. The van der Waals surface area contributed by atoms with Crippen LogP contribution in [0.25, 0.3) is 0 Å². The monoisotopic (exact) mass is 268 g/mol. The SMILES string of the molecule is Sc1ccc2c(c1)C1(CCC2)SCCCS1. The highest BCUT2D eigenvalue weighted by Crippen LogP contribution is 2.56. The molecular weight excluding hydrogens is 252 g/mol. The van der Waals surface area contributed by atoms with Crippen LogP contribution in [-0.2, 0) is 10.5 Å². The Balaban J connectivity index is 2.06. The molecule has 0 N–H and O–H groups in total. The summed E-state index contributed by atoms with van der Waals surface area (Å²) in [6, 6.07) is 6.73. The third kappa shape index (κ3) is 1.91. The minimum absolute atomic E-state index is 0.366. The van der Waals surface area contributed by atoms with Crippen molar-refractivity contribution < 1.29 is 0 Å². The van der Waals surface area contributed by atoms with E-state index >= 15 is 0 Å². The van der Waals surface area contributed by atoms with Crippen LogP contribution in [0.15, 0.2) is 23.1 Å². The van der Waals surface area contributed by atoms with Gasteiger partial charge in [-0.1, -0.05) is 6.07 Å². The summed E-state index contributed by atoms with van der Waals surface area (Å²) >= 11 is 8.84. The quantitative estimate of drug-likeness (QED) is 0.695. The van der Waals surface area contributed by atoms with Gasteiger partial charge in [-0.3, -0.25) is 0 Å². The fourth-order valence-corrected chi connectivity index (χ4v) is 6.38. The molecule has 1 spiro atoms. The van der Waals surface area contributed by atoms with Gasteiger partial charge < -0.3 is 0 Å². The van der Waals surface area contributed by atoms with Crippen LogP contribution in [0.1, 0.15) is 30.4 Å². The molecule has 0 nitrogen and oxygen atoms in total. The first-order valence-corrected chi connectivity index (χ1v) is 8.32. The molecule has 16 heavy (non-hydrogen) atoms. The molecule has 0 amide bonds. The number of thioether (sulfide) groups is 2. The second kappa shape index (κ2) is 4.51. The normalized spacial score (nSPS) is 23.1. The van der Waals surface area contributed by atoms with Crippen LogP contribution in [0.3, 0.4) is 0 Å². The van der Waals surface area contributed by atoms with E-state index in [1.54, 1.807) is 11.1 Å². The van der Waals surface area contributed by atoms with Gasteiger partial charge in [0.2, 0.25) is 0 Å². The van der Waals surface area contributed by atoms with Gasteiger partial charge in [0, 0.05) is 4.90 Å². The zero-order chi connectivity index (χ0) is 11.0. The molecular formula is C13H16S3. The number of rotatable bonds is 0. The highest BCUT2D eigenvalue weighted by Gasteiger charge is 2.39. The van der Waals surface area contributed by atoms with Crippen molar-refractivity contribution in [1.82, 2.24) is 0 Å². The van der Waals surface area contributed by atoms with Gasteiger partial charge in [0.1, 0.15) is 0 Å². The Morgan fingerprint density at radius 2 is 1.94 bits per heavy atom. The van der Waals surface area contributed by atoms with Crippen molar-refractivity contribution in [1.29, 1.82) is 0 Å². The highest BCUT2D eigenvalue weighted by atomic mass is 32.2. The lowest BCUT2D eigenvalue weighted by atomic mass is 9.91. The molecule has 3 heteroatoms. The number of hydrogen-bond acceptors (Lipinski definition) is 3. The van der Waals surface area contributed by atoms with Crippen molar-refractivity contribution in [3.63, 3.8) is 0 Å². The summed E-state index contributed by atoms with van der Waals surface area (Å²) < 4.78 is 0.366. The third-order valence-corrected chi connectivity index (χ3v) is 7.17. The Morgan fingerprint density at radius 1 is 1.12 bits per heavy atom. The first-order chi connectivity index (χ1) is 7.80. The lowest BCUT2D eigenvalue weighted by Crippen LogP contribution is -2.27. The van der Waals surface area contributed by atoms with Crippen molar-refractivity contribution in [3.05, 3.63) is 29.3 Å².